The molecule has 39 heavy (non-hydrogen) atoms. The fourth-order valence-corrected chi connectivity index (χ4v) is 7.06. The van der Waals surface area contributed by atoms with Crippen LogP contribution in [0, 0.1) is 0 Å². The molecular formula is C31H51N5O3. The molecule has 0 radical (unpaired) electrons. The third kappa shape index (κ3) is 8.47. The minimum absolute atomic E-state index is 0.00906. The van der Waals surface area contributed by atoms with Gasteiger partial charge in [-0.05, 0) is 43.2 Å². The van der Waals surface area contributed by atoms with Crippen molar-refractivity contribution in [3.05, 3.63) is 35.4 Å². The van der Waals surface area contributed by atoms with Gasteiger partial charge in [0.1, 0.15) is 0 Å². The quantitative estimate of drug-likeness (QED) is 0.362. The number of fused-ring (bicyclic) bond motifs is 1. The molecule has 1 aliphatic carbocycles. The molecule has 0 aromatic heterocycles. The molecular weight excluding hydrogens is 490 g/mol. The van der Waals surface area contributed by atoms with Crippen LogP contribution in [0.1, 0.15) is 88.2 Å². The van der Waals surface area contributed by atoms with Crippen molar-refractivity contribution in [3.8, 4) is 0 Å². The number of rotatable bonds is 7. The molecule has 5 rings (SSSR count). The van der Waals surface area contributed by atoms with Gasteiger partial charge >= 0.3 is 0 Å². The Morgan fingerprint density at radius 1 is 1.03 bits per heavy atom. The Balaban J connectivity index is 1.17. The third-order valence-corrected chi connectivity index (χ3v) is 9.24. The number of hydrogen-bond donors (Lipinski definition) is 5. The van der Waals surface area contributed by atoms with Gasteiger partial charge in [0.2, 0.25) is 5.91 Å². The molecule has 3 aliphatic heterocycles. The number of aliphatic hydroxyl groups excluding tert-OH is 1. The van der Waals surface area contributed by atoms with Gasteiger partial charge in [-0.3, -0.25) is 25.6 Å². The Bertz CT molecular complexity index is 898. The number of nitrogens with zero attached hydrogens (tertiary/aromatic N) is 1. The van der Waals surface area contributed by atoms with Gasteiger partial charge in [0, 0.05) is 51.9 Å². The summed E-state index contributed by atoms with van der Waals surface area (Å²) in [6.07, 6.45) is 14.2. The molecule has 4 aliphatic rings. The van der Waals surface area contributed by atoms with E-state index in [0.717, 1.165) is 58.4 Å². The normalized spacial score (nSPS) is 27.9. The first kappa shape index (κ1) is 29.0. The van der Waals surface area contributed by atoms with Crippen molar-refractivity contribution in [2.75, 3.05) is 32.8 Å². The molecule has 8 nitrogen and oxygen atoms in total. The van der Waals surface area contributed by atoms with Gasteiger partial charge in [-0.15, -0.1) is 0 Å². The largest absolute Gasteiger partial charge is 0.390 e. The van der Waals surface area contributed by atoms with E-state index in [4.69, 9.17) is 4.74 Å². The lowest BCUT2D eigenvalue weighted by Crippen LogP contribution is -2.73. The Morgan fingerprint density at radius 2 is 1.72 bits per heavy atom. The average Bonchev–Trinajstić information content (AvgIpc) is 2.95. The SMILES string of the molecule is O=C(NC[C@H](O)CN1CCc2ccccc2C1)C1CC(NC2CCOCC2)NC2(CCCCCCCCC2)N1. The highest BCUT2D eigenvalue weighted by Crippen LogP contribution is 2.28. The predicted octanol–water partition coefficient (Wildman–Crippen LogP) is 2.79. The van der Waals surface area contributed by atoms with Crippen molar-refractivity contribution in [3.63, 3.8) is 0 Å². The molecule has 1 amide bonds. The topological polar surface area (TPSA) is 97.9 Å². The van der Waals surface area contributed by atoms with Crippen LogP contribution in [0.5, 0.6) is 0 Å². The number of amides is 1. The maximum absolute atomic E-state index is 13.5. The summed E-state index contributed by atoms with van der Waals surface area (Å²) in [6, 6.07) is 8.71. The predicted molar refractivity (Wildman–Crippen MR) is 154 cm³/mol. The van der Waals surface area contributed by atoms with E-state index in [0.29, 0.717) is 19.0 Å². The second-order valence-electron chi connectivity index (χ2n) is 12.4. The Kier molecular flexibility index (Phi) is 10.7. The summed E-state index contributed by atoms with van der Waals surface area (Å²) in [5.74, 6) is 0.00906. The molecule has 1 saturated carbocycles. The minimum Gasteiger partial charge on any atom is -0.390 e. The van der Waals surface area contributed by atoms with Crippen LogP contribution in [-0.2, 0) is 22.5 Å². The molecule has 1 aromatic rings. The molecule has 2 saturated heterocycles. The van der Waals surface area contributed by atoms with Crippen LogP contribution in [-0.4, -0.2) is 78.8 Å². The van der Waals surface area contributed by atoms with E-state index in [1.807, 2.05) is 0 Å². The zero-order valence-electron chi connectivity index (χ0n) is 23.8. The highest BCUT2D eigenvalue weighted by atomic mass is 16.5. The smallest absolute Gasteiger partial charge is 0.237 e. The van der Waals surface area contributed by atoms with E-state index < -0.39 is 6.10 Å². The van der Waals surface area contributed by atoms with Crippen molar-refractivity contribution in [1.82, 2.24) is 26.2 Å². The lowest BCUT2D eigenvalue weighted by molar-refractivity contribution is -0.126. The van der Waals surface area contributed by atoms with Crippen LogP contribution in [0.25, 0.3) is 0 Å². The zero-order valence-corrected chi connectivity index (χ0v) is 23.8. The van der Waals surface area contributed by atoms with Gasteiger partial charge in [-0.25, -0.2) is 0 Å². The van der Waals surface area contributed by atoms with Crippen molar-refractivity contribution in [2.24, 2.45) is 0 Å². The first-order valence-electron chi connectivity index (χ1n) is 15.7. The van der Waals surface area contributed by atoms with E-state index in [1.54, 1.807) is 0 Å². The standard InChI is InChI=1S/C31H51N5O3/c37-27(23-36-17-12-24-10-6-7-11-25(24)22-36)21-32-30(38)28-20-29(33-26-13-18-39-19-14-26)35-31(34-28)15-8-4-2-1-3-5-9-16-31/h6-7,10-11,26-29,33-35,37H,1-5,8-9,12-23H2,(H,32,38)/t27-,28?,29?/m0/s1. The van der Waals surface area contributed by atoms with E-state index in [-0.39, 0.29) is 30.3 Å². The summed E-state index contributed by atoms with van der Waals surface area (Å²) in [7, 11) is 0. The zero-order chi connectivity index (χ0) is 26.9. The second-order valence-corrected chi connectivity index (χ2v) is 12.4. The maximum Gasteiger partial charge on any atom is 0.237 e. The summed E-state index contributed by atoms with van der Waals surface area (Å²) >= 11 is 0. The van der Waals surface area contributed by atoms with E-state index in [1.165, 1.54) is 56.1 Å². The van der Waals surface area contributed by atoms with Crippen LogP contribution in [0.4, 0.5) is 0 Å². The molecule has 0 bridgehead atoms. The van der Waals surface area contributed by atoms with Crippen molar-refractivity contribution in [2.45, 2.75) is 120 Å². The summed E-state index contributed by atoms with van der Waals surface area (Å²) in [5, 5.41) is 25.5. The Hall–Kier alpha value is -1.55. The summed E-state index contributed by atoms with van der Waals surface area (Å²) < 4.78 is 5.58. The van der Waals surface area contributed by atoms with Gasteiger partial charge < -0.3 is 15.2 Å². The van der Waals surface area contributed by atoms with E-state index in [2.05, 4.69) is 50.4 Å². The molecule has 3 fully saturated rings. The van der Waals surface area contributed by atoms with E-state index >= 15 is 0 Å². The van der Waals surface area contributed by atoms with Crippen molar-refractivity contribution >= 4 is 5.91 Å². The van der Waals surface area contributed by atoms with Crippen LogP contribution >= 0.6 is 0 Å². The number of hydrogen-bond acceptors (Lipinski definition) is 7. The molecule has 5 N–H and O–H groups in total. The van der Waals surface area contributed by atoms with Crippen LogP contribution in [0.15, 0.2) is 24.3 Å². The van der Waals surface area contributed by atoms with Gasteiger partial charge in [0.05, 0.1) is 24.0 Å². The highest BCUT2D eigenvalue weighted by molar-refractivity contribution is 5.82. The van der Waals surface area contributed by atoms with Crippen molar-refractivity contribution in [1.29, 1.82) is 0 Å². The van der Waals surface area contributed by atoms with Gasteiger partial charge in [-0.1, -0.05) is 69.2 Å². The fourth-order valence-electron chi connectivity index (χ4n) is 7.06. The summed E-state index contributed by atoms with van der Waals surface area (Å²) in [5.41, 5.74) is 2.53. The first-order chi connectivity index (χ1) is 19.1. The highest BCUT2D eigenvalue weighted by Gasteiger charge is 2.42. The number of β-amino-alcohol motifs (C(OH)–C–C–N with tert-alkyl or cyclic N) is 1. The Labute approximate surface area is 235 Å². The van der Waals surface area contributed by atoms with Crippen LogP contribution < -0.4 is 21.3 Å². The lowest BCUT2D eigenvalue weighted by atomic mass is 9.87. The molecule has 1 spiro atoms. The molecule has 3 heterocycles. The number of carbonyl (C=O) groups excluding carboxylic acids is 1. The molecule has 3 atom stereocenters. The van der Waals surface area contributed by atoms with Crippen LogP contribution in [0.3, 0.4) is 0 Å². The number of benzene rings is 1. The molecule has 2 unspecified atom stereocenters. The minimum atomic E-state index is -0.584. The van der Waals surface area contributed by atoms with E-state index in [9.17, 15) is 9.90 Å². The summed E-state index contributed by atoms with van der Waals surface area (Å²) in [6.45, 7) is 4.27. The maximum atomic E-state index is 13.5. The molecule has 8 heteroatoms. The van der Waals surface area contributed by atoms with Gasteiger partial charge in [0.25, 0.3) is 0 Å². The number of nitrogens with one attached hydrogen (secondary N) is 4. The monoisotopic (exact) mass is 541 g/mol. The molecule has 218 valence electrons. The number of carbonyl (C=O) groups is 1. The van der Waals surface area contributed by atoms with Gasteiger partial charge in [-0.2, -0.15) is 0 Å². The average molecular weight is 542 g/mol. The summed E-state index contributed by atoms with van der Waals surface area (Å²) in [4.78, 5) is 15.8. The number of ether oxygens (including phenoxy) is 1. The third-order valence-electron chi connectivity index (χ3n) is 9.24. The van der Waals surface area contributed by atoms with Crippen LogP contribution in [0.2, 0.25) is 0 Å². The second kappa shape index (κ2) is 14.4. The first-order valence-corrected chi connectivity index (χ1v) is 15.7. The van der Waals surface area contributed by atoms with Gasteiger partial charge in [0.15, 0.2) is 0 Å². The lowest BCUT2D eigenvalue weighted by Gasteiger charge is -2.48. The number of aliphatic hydroxyl groups is 1. The fraction of sp³-hybridized carbons (Fsp3) is 0.774. The van der Waals surface area contributed by atoms with Crippen molar-refractivity contribution < 1.29 is 14.6 Å². The molecule has 1 aromatic carbocycles. The Morgan fingerprint density at radius 3 is 2.46 bits per heavy atom.